The molecule has 0 saturated carbocycles. The largest absolute Gasteiger partial charge is 0.337 e. The van der Waals surface area contributed by atoms with Gasteiger partial charge in [-0.15, -0.1) is 0 Å². The van der Waals surface area contributed by atoms with Crippen LogP contribution < -0.4 is 5.32 Å². The van der Waals surface area contributed by atoms with E-state index in [0.717, 1.165) is 30.6 Å². The number of aryl methyl sites for hydroxylation is 1. The van der Waals surface area contributed by atoms with Crippen molar-refractivity contribution in [1.29, 1.82) is 0 Å². The molecule has 6 nitrogen and oxygen atoms in total. The molecule has 0 radical (unpaired) electrons. The van der Waals surface area contributed by atoms with Crippen LogP contribution in [0.3, 0.4) is 0 Å². The van der Waals surface area contributed by atoms with Gasteiger partial charge in [0.25, 0.3) is 5.69 Å². The Morgan fingerprint density at radius 2 is 2.30 bits per heavy atom. The first-order chi connectivity index (χ1) is 9.68. The first-order valence-electron chi connectivity index (χ1n) is 6.58. The summed E-state index contributed by atoms with van der Waals surface area (Å²) in [7, 11) is 0. The molecule has 20 heavy (non-hydrogen) atoms. The molecule has 1 heterocycles. The molecule has 0 spiro atoms. The van der Waals surface area contributed by atoms with Gasteiger partial charge in [0.2, 0.25) is 0 Å². The van der Waals surface area contributed by atoms with E-state index in [1.54, 1.807) is 25.5 Å². The summed E-state index contributed by atoms with van der Waals surface area (Å²) in [5.74, 6) is 0. The van der Waals surface area contributed by atoms with Crippen LogP contribution in [-0.4, -0.2) is 21.0 Å². The van der Waals surface area contributed by atoms with E-state index in [1.807, 2.05) is 16.8 Å². The highest BCUT2D eigenvalue weighted by molar-refractivity contribution is 5.44. The highest BCUT2D eigenvalue weighted by atomic mass is 16.6. The Kier molecular flexibility index (Phi) is 4.84. The van der Waals surface area contributed by atoms with Gasteiger partial charge in [0, 0.05) is 37.1 Å². The zero-order valence-corrected chi connectivity index (χ0v) is 11.5. The minimum Gasteiger partial charge on any atom is -0.337 e. The third kappa shape index (κ3) is 3.64. The lowest BCUT2D eigenvalue weighted by atomic mass is 10.1. The predicted octanol–water partition coefficient (Wildman–Crippen LogP) is 2.28. The molecule has 0 atom stereocenters. The topological polar surface area (TPSA) is 73.0 Å². The maximum atomic E-state index is 10.9. The van der Waals surface area contributed by atoms with Crippen molar-refractivity contribution in [2.45, 2.75) is 26.4 Å². The molecule has 0 aliphatic carbocycles. The second-order valence-electron chi connectivity index (χ2n) is 4.65. The molecule has 2 rings (SSSR count). The molecule has 1 aromatic carbocycles. The van der Waals surface area contributed by atoms with Gasteiger partial charge in [-0.25, -0.2) is 4.98 Å². The smallest absolute Gasteiger partial charge is 0.272 e. The fourth-order valence-electron chi connectivity index (χ4n) is 2.09. The standard InChI is InChI=1S/C14H18N4O2/c1-12-13(4-2-5-14(12)18(19)20)10-15-6-3-8-17-9-7-16-11-17/h2,4-5,7,9,11,15H,3,6,8,10H2,1H3. The van der Waals surface area contributed by atoms with Crippen molar-refractivity contribution in [3.05, 3.63) is 58.2 Å². The van der Waals surface area contributed by atoms with E-state index < -0.39 is 0 Å². The van der Waals surface area contributed by atoms with Crippen LogP contribution in [0, 0.1) is 17.0 Å². The van der Waals surface area contributed by atoms with Gasteiger partial charge < -0.3 is 9.88 Å². The number of aromatic nitrogens is 2. The summed E-state index contributed by atoms with van der Waals surface area (Å²) >= 11 is 0. The van der Waals surface area contributed by atoms with Crippen LogP contribution in [0.25, 0.3) is 0 Å². The second kappa shape index (κ2) is 6.81. The number of nitro groups is 1. The monoisotopic (exact) mass is 274 g/mol. The van der Waals surface area contributed by atoms with Crippen molar-refractivity contribution in [1.82, 2.24) is 14.9 Å². The summed E-state index contributed by atoms with van der Waals surface area (Å²) < 4.78 is 2.03. The van der Waals surface area contributed by atoms with Crippen LogP contribution in [0.5, 0.6) is 0 Å². The van der Waals surface area contributed by atoms with E-state index in [-0.39, 0.29) is 10.6 Å². The van der Waals surface area contributed by atoms with Crippen molar-refractivity contribution in [2.24, 2.45) is 0 Å². The Balaban J connectivity index is 1.79. The molecule has 0 aliphatic heterocycles. The SMILES string of the molecule is Cc1c(CNCCCn2ccnc2)cccc1[N+](=O)[O-]. The first kappa shape index (κ1) is 14.2. The maximum absolute atomic E-state index is 10.9. The van der Waals surface area contributed by atoms with Crippen molar-refractivity contribution >= 4 is 5.69 Å². The Labute approximate surface area is 117 Å². The molecule has 0 fully saturated rings. The van der Waals surface area contributed by atoms with E-state index in [4.69, 9.17) is 0 Å². The number of hydrogen-bond donors (Lipinski definition) is 1. The molecule has 0 amide bonds. The predicted molar refractivity (Wildman–Crippen MR) is 76.4 cm³/mol. The summed E-state index contributed by atoms with van der Waals surface area (Å²) in [6.07, 6.45) is 6.49. The normalized spacial score (nSPS) is 10.7. The number of rotatable bonds is 7. The number of hydrogen-bond acceptors (Lipinski definition) is 4. The van der Waals surface area contributed by atoms with E-state index >= 15 is 0 Å². The highest BCUT2D eigenvalue weighted by Gasteiger charge is 2.12. The fourth-order valence-corrected chi connectivity index (χ4v) is 2.09. The molecule has 0 bridgehead atoms. The van der Waals surface area contributed by atoms with Crippen molar-refractivity contribution < 1.29 is 4.92 Å². The maximum Gasteiger partial charge on any atom is 0.272 e. The van der Waals surface area contributed by atoms with Crippen molar-refractivity contribution in [3.63, 3.8) is 0 Å². The Bertz CT molecular complexity index is 567. The summed E-state index contributed by atoms with van der Waals surface area (Å²) in [5.41, 5.74) is 1.89. The van der Waals surface area contributed by atoms with Gasteiger partial charge in [-0.2, -0.15) is 0 Å². The minimum atomic E-state index is -0.335. The molecule has 1 N–H and O–H groups in total. The number of nitrogens with zero attached hydrogens (tertiary/aromatic N) is 3. The zero-order chi connectivity index (χ0) is 14.4. The zero-order valence-electron chi connectivity index (χ0n) is 11.5. The van der Waals surface area contributed by atoms with Gasteiger partial charge in [0.05, 0.1) is 11.3 Å². The lowest BCUT2D eigenvalue weighted by molar-refractivity contribution is -0.385. The Morgan fingerprint density at radius 1 is 1.45 bits per heavy atom. The lowest BCUT2D eigenvalue weighted by Gasteiger charge is -2.08. The van der Waals surface area contributed by atoms with Crippen LogP contribution >= 0.6 is 0 Å². The van der Waals surface area contributed by atoms with Gasteiger partial charge in [-0.3, -0.25) is 10.1 Å². The third-order valence-corrected chi connectivity index (χ3v) is 3.26. The van der Waals surface area contributed by atoms with E-state index in [1.165, 1.54) is 6.07 Å². The third-order valence-electron chi connectivity index (χ3n) is 3.26. The van der Waals surface area contributed by atoms with Gasteiger partial charge in [0.15, 0.2) is 0 Å². The minimum absolute atomic E-state index is 0.183. The molecule has 1 aromatic heterocycles. The number of nitro benzene ring substituents is 1. The van der Waals surface area contributed by atoms with Crippen molar-refractivity contribution in [2.75, 3.05) is 6.54 Å². The average Bonchev–Trinajstić information content (AvgIpc) is 2.93. The number of benzene rings is 1. The van der Waals surface area contributed by atoms with E-state index in [9.17, 15) is 10.1 Å². The van der Waals surface area contributed by atoms with Gasteiger partial charge in [0.1, 0.15) is 0 Å². The Morgan fingerprint density at radius 3 is 3.00 bits per heavy atom. The fraction of sp³-hybridized carbons (Fsp3) is 0.357. The quantitative estimate of drug-likeness (QED) is 0.477. The van der Waals surface area contributed by atoms with Crippen LogP contribution in [0.2, 0.25) is 0 Å². The molecule has 6 heteroatoms. The van der Waals surface area contributed by atoms with Gasteiger partial charge in [-0.05, 0) is 25.5 Å². The van der Waals surface area contributed by atoms with E-state index in [0.29, 0.717) is 6.54 Å². The molecule has 0 saturated heterocycles. The lowest BCUT2D eigenvalue weighted by Crippen LogP contribution is -2.17. The van der Waals surface area contributed by atoms with Gasteiger partial charge in [-0.1, -0.05) is 12.1 Å². The first-order valence-corrected chi connectivity index (χ1v) is 6.58. The second-order valence-corrected chi connectivity index (χ2v) is 4.65. The van der Waals surface area contributed by atoms with Gasteiger partial charge >= 0.3 is 0 Å². The molecule has 2 aromatic rings. The molecule has 0 aliphatic rings. The number of imidazole rings is 1. The molecular formula is C14H18N4O2. The summed E-state index contributed by atoms with van der Waals surface area (Å²) in [5, 5.41) is 14.2. The summed E-state index contributed by atoms with van der Waals surface area (Å²) in [4.78, 5) is 14.5. The van der Waals surface area contributed by atoms with Crippen LogP contribution in [-0.2, 0) is 13.1 Å². The van der Waals surface area contributed by atoms with Crippen LogP contribution in [0.1, 0.15) is 17.5 Å². The van der Waals surface area contributed by atoms with Crippen LogP contribution in [0.15, 0.2) is 36.9 Å². The van der Waals surface area contributed by atoms with E-state index in [2.05, 4.69) is 10.3 Å². The number of nitrogens with one attached hydrogen (secondary N) is 1. The summed E-state index contributed by atoms with van der Waals surface area (Å²) in [6.45, 7) is 4.22. The van der Waals surface area contributed by atoms with Crippen molar-refractivity contribution in [3.8, 4) is 0 Å². The molecular weight excluding hydrogens is 256 g/mol. The average molecular weight is 274 g/mol. The molecule has 0 unspecified atom stereocenters. The summed E-state index contributed by atoms with van der Waals surface area (Å²) in [6, 6.07) is 5.19. The highest BCUT2D eigenvalue weighted by Crippen LogP contribution is 2.20. The van der Waals surface area contributed by atoms with Crippen LogP contribution in [0.4, 0.5) is 5.69 Å². The molecule has 106 valence electrons. The Hall–Kier alpha value is -2.21.